The van der Waals surface area contributed by atoms with Crippen molar-refractivity contribution in [1.29, 1.82) is 0 Å². The summed E-state index contributed by atoms with van der Waals surface area (Å²) in [7, 11) is 1.23. The van der Waals surface area contributed by atoms with Crippen molar-refractivity contribution in [2.75, 3.05) is 7.11 Å². The van der Waals surface area contributed by atoms with Crippen LogP contribution in [-0.4, -0.2) is 51.6 Å². The second kappa shape index (κ2) is 6.89. The van der Waals surface area contributed by atoms with Crippen LogP contribution in [0.15, 0.2) is 30.3 Å². The van der Waals surface area contributed by atoms with Crippen molar-refractivity contribution in [3.8, 4) is 0 Å². The Balaban J connectivity index is 1.94. The maximum absolute atomic E-state index is 13.2. The first-order chi connectivity index (χ1) is 12.8. The number of carbonyl (C=O) groups excluding carboxylic acids is 3. The van der Waals surface area contributed by atoms with Crippen LogP contribution in [0.1, 0.15) is 25.8 Å². The third-order valence-electron chi connectivity index (χ3n) is 5.16. The van der Waals surface area contributed by atoms with E-state index in [-0.39, 0.29) is 13.0 Å². The van der Waals surface area contributed by atoms with E-state index < -0.39 is 39.5 Å². The molecule has 0 N–H and O–H groups in total. The molecule has 0 aliphatic carbocycles. The van der Waals surface area contributed by atoms with Gasteiger partial charge >= 0.3 is 23.9 Å². The van der Waals surface area contributed by atoms with E-state index in [0.29, 0.717) is 0 Å². The number of nitrogens with zero attached hydrogens (tertiary/aromatic N) is 2. The molecule has 0 unspecified atom stereocenters. The molecular formula is C19H20N2O5S. The summed E-state index contributed by atoms with van der Waals surface area (Å²) in [5.41, 5.74) is -0.712. The molecule has 142 valence electrons. The van der Waals surface area contributed by atoms with E-state index in [2.05, 4.69) is 4.85 Å². The molecule has 2 heterocycles. The number of thioether (sulfide) groups is 1. The van der Waals surface area contributed by atoms with Crippen LogP contribution < -0.4 is 0 Å². The third kappa shape index (κ3) is 2.86. The van der Waals surface area contributed by atoms with Gasteiger partial charge in [0.1, 0.15) is 6.61 Å². The van der Waals surface area contributed by atoms with E-state index in [1.165, 1.54) is 23.8 Å². The van der Waals surface area contributed by atoms with E-state index in [1.807, 2.05) is 30.3 Å². The molecule has 0 spiro atoms. The third-order valence-corrected chi connectivity index (χ3v) is 6.79. The predicted molar refractivity (Wildman–Crippen MR) is 98.3 cm³/mol. The monoisotopic (exact) mass is 388 g/mol. The minimum absolute atomic E-state index is 0.0300. The Morgan fingerprint density at radius 3 is 2.56 bits per heavy atom. The molecule has 3 atom stereocenters. The molecule has 7 nitrogen and oxygen atoms in total. The number of β-lactam (4-membered cyclic amide) rings is 1. The van der Waals surface area contributed by atoms with Crippen LogP contribution >= 0.6 is 11.8 Å². The topological polar surface area (TPSA) is 77.3 Å². The summed E-state index contributed by atoms with van der Waals surface area (Å²) in [6.45, 7) is 10.8. The number of benzene rings is 1. The SMILES string of the molecule is [C-]#[N+][C@H]1C(=O)N2[C@@H]1SC(C)(C)[C@]2(CC(=O)OC)C(=O)OCc1ccccc1. The van der Waals surface area contributed by atoms with Gasteiger partial charge in [-0.3, -0.25) is 19.3 Å². The number of rotatable bonds is 5. The van der Waals surface area contributed by atoms with E-state index in [4.69, 9.17) is 16.0 Å². The molecular weight excluding hydrogens is 368 g/mol. The Kier molecular flexibility index (Phi) is 4.91. The van der Waals surface area contributed by atoms with Gasteiger partial charge in [-0.05, 0) is 19.4 Å². The zero-order valence-corrected chi connectivity index (χ0v) is 16.1. The van der Waals surface area contributed by atoms with Crippen LogP contribution in [0, 0.1) is 6.57 Å². The first kappa shape index (κ1) is 19.2. The van der Waals surface area contributed by atoms with Gasteiger partial charge in [0, 0.05) is 4.75 Å². The van der Waals surface area contributed by atoms with Crippen LogP contribution in [0.5, 0.6) is 0 Å². The molecule has 0 saturated carbocycles. The molecule has 1 aromatic carbocycles. The van der Waals surface area contributed by atoms with Gasteiger partial charge in [0.2, 0.25) is 0 Å². The molecule has 3 rings (SSSR count). The molecule has 0 radical (unpaired) electrons. The lowest BCUT2D eigenvalue weighted by molar-refractivity contribution is -0.178. The van der Waals surface area contributed by atoms with Gasteiger partial charge in [0.25, 0.3) is 0 Å². The zero-order valence-electron chi connectivity index (χ0n) is 15.3. The smallest absolute Gasteiger partial charge is 0.334 e. The molecule has 1 aromatic rings. The maximum atomic E-state index is 13.2. The van der Waals surface area contributed by atoms with Gasteiger partial charge in [-0.2, -0.15) is 0 Å². The number of carbonyl (C=O) groups is 3. The van der Waals surface area contributed by atoms with Gasteiger partial charge in [0.05, 0.1) is 13.5 Å². The number of hydrogen-bond donors (Lipinski definition) is 0. The van der Waals surface area contributed by atoms with E-state index >= 15 is 0 Å². The van der Waals surface area contributed by atoms with Crippen LogP contribution in [-0.2, 0) is 30.5 Å². The molecule has 27 heavy (non-hydrogen) atoms. The Morgan fingerprint density at radius 2 is 1.96 bits per heavy atom. The summed E-state index contributed by atoms with van der Waals surface area (Å²) in [6, 6.07) is 8.32. The van der Waals surface area contributed by atoms with Crippen molar-refractivity contribution in [2.24, 2.45) is 0 Å². The van der Waals surface area contributed by atoms with Crippen molar-refractivity contribution < 1.29 is 23.9 Å². The highest BCUT2D eigenvalue weighted by Crippen LogP contribution is 2.59. The van der Waals surface area contributed by atoms with Gasteiger partial charge in [-0.15, -0.1) is 11.8 Å². The second-order valence-electron chi connectivity index (χ2n) is 6.98. The number of hydrogen-bond acceptors (Lipinski definition) is 6. The normalized spacial score (nSPS) is 27.9. The van der Waals surface area contributed by atoms with Crippen LogP contribution in [0.3, 0.4) is 0 Å². The lowest BCUT2D eigenvalue weighted by atomic mass is 9.78. The average Bonchev–Trinajstić information content (AvgIpc) is 2.85. The first-order valence-electron chi connectivity index (χ1n) is 8.44. The summed E-state index contributed by atoms with van der Waals surface area (Å²) in [5.74, 6) is -1.72. The summed E-state index contributed by atoms with van der Waals surface area (Å²) in [6.07, 6.45) is -0.315. The van der Waals surface area contributed by atoms with E-state index in [0.717, 1.165) is 5.56 Å². The fraction of sp³-hybridized carbons (Fsp3) is 0.474. The summed E-state index contributed by atoms with van der Waals surface area (Å²) in [5, 5.41) is -0.473. The highest BCUT2D eigenvalue weighted by Gasteiger charge is 2.76. The number of esters is 2. The quantitative estimate of drug-likeness (QED) is 0.436. The Hall–Kier alpha value is -2.53. The summed E-state index contributed by atoms with van der Waals surface area (Å²) >= 11 is 1.35. The molecule has 0 bridgehead atoms. The van der Waals surface area contributed by atoms with Gasteiger partial charge in [-0.1, -0.05) is 30.3 Å². The molecule has 0 aromatic heterocycles. The lowest BCUT2D eigenvalue weighted by Gasteiger charge is -2.46. The van der Waals surface area contributed by atoms with Crippen molar-refractivity contribution in [1.82, 2.24) is 4.90 Å². The minimum Gasteiger partial charge on any atom is -0.469 e. The second-order valence-corrected chi connectivity index (χ2v) is 8.72. The highest BCUT2D eigenvalue weighted by molar-refractivity contribution is 8.01. The van der Waals surface area contributed by atoms with E-state index in [9.17, 15) is 14.4 Å². The molecule has 1 amide bonds. The standard InChI is InChI=1S/C19H20N2O5S/c1-18(2)19(10-13(22)25-4,21-15(23)14(20-3)16(21)27-18)17(24)26-11-12-8-6-5-7-9-12/h5-9,14,16H,10-11H2,1-2,4H3/t14-,16+,19-/m0/s1. The minimum atomic E-state index is -1.51. The fourth-order valence-corrected chi connectivity index (χ4v) is 5.37. The number of ether oxygens (including phenoxy) is 2. The molecule has 2 fully saturated rings. The van der Waals surface area contributed by atoms with Gasteiger partial charge in [0.15, 0.2) is 10.9 Å². The van der Waals surface area contributed by atoms with Gasteiger partial charge in [-0.25, -0.2) is 11.4 Å². The van der Waals surface area contributed by atoms with Crippen LogP contribution in [0.2, 0.25) is 0 Å². The van der Waals surface area contributed by atoms with Crippen molar-refractivity contribution >= 4 is 29.6 Å². The number of amides is 1. The largest absolute Gasteiger partial charge is 0.469 e. The van der Waals surface area contributed by atoms with Crippen LogP contribution in [0.4, 0.5) is 0 Å². The number of methoxy groups -OCH3 is 1. The van der Waals surface area contributed by atoms with Crippen molar-refractivity contribution in [2.45, 2.75) is 48.6 Å². The fourth-order valence-electron chi connectivity index (χ4n) is 3.62. The average molecular weight is 388 g/mol. The van der Waals surface area contributed by atoms with Crippen molar-refractivity contribution in [3.05, 3.63) is 47.3 Å². The Morgan fingerprint density at radius 1 is 1.30 bits per heavy atom. The zero-order chi connectivity index (χ0) is 19.8. The first-order valence-corrected chi connectivity index (χ1v) is 9.32. The predicted octanol–water partition coefficient (Wildman–Crippen LogP) is 2.01. The highest BCUT2D eigenvalue weighted by atomic mass is 32.2. The molecule has 8 heteroatoms. The summed E-state index contributed by atoms with van der Waals surface area (Å²) < 4.78 is 9.50. The Labute approximate surface area is 161 Å². The van der Waals surface area contributed by atoms with E-state index in [1.54, 1.807) is 13.8 Å². The number of fused-ring (bicyclic) bond motifs is 1. The Bertz CT molecular complexity index is 819. The molecule has 2 saturated heterocycles. The lowest BCUT2D eigenvalue weighted by Crippen LogP contribution is -2.72. The molecule has 2 aliphatic rings. The maximum Gasteiger partial charge on any atom is 0.334 e. The van der Waals surface area contributed by atoms with Crippen molar-refractivity contribution in [3.63, 3.8) is 0 Å². The molecule has 2 aliphatic heterocycles. The summed E-state index contributed by atoms with van der Waals surface area (Å²) in [4.78, 5) is 42.6. The van der Waals surface area contributed by atoms with Gasteiger partial charge < -0.3 is 9.47 Å². The van der Waals surface area contributed by atoms with Crippen LogP contribution in [0.25, 0.3) is 4.85 Å².